The van der Waals surface area contributed by atoms with Crippen LogP contribution in [0.15, 0.2) is 39.5 Å². The lowest BCUT2D eigenvalue weighted by molar-refractivity contribution is 0.288. The van der Waals surface area contributed by atoms with Crippen molar-refractivity contribution in [2.45, 2.75) is 26.4 Å². The van der Waals surface area contributed by atoms with E-state index in [0.717, 1.165) is 40.8 Å². The number of benzene rings is 1. The lowest BCUT2D eigenvalue weighted by Crippen LogP contribution is -2.14. The zero-order valence-corrected chi connectivity index (χ0v) is 15.2. The van der Waals surface area contributed by atoms with Crippen molar-refractivity contribution in [3.63, 3.8) is 0 Å². The molecule has 1 aromatic heterocycles. The summed E-state index contributed by atoms with van der Waals surface area (Å²) in [5.41, 5.74) is 1.22. The standard InChI is InChI=1S/C15H19Br2N3O/c1-2-4-18-11-12-9-13(16)15(14(17)10-12)21-8-7-20-6-3-5-19-20/h3,5-6,9-10,18H,2,4,7-8,11H2,1H3. The highest BCUT2D eigenvalue weighted by atomic mass is 79.9. The zero-order valence-electron chi connectivity index (χ0n) is 12.0. The Morgan fingerprint density at radius 1 is 1.29 bits per heavy atom. The number of halogens is 2. The second-order valence-electron chi connectivity index (χ2n) is 4.68. The third-order valence-corrected chi connectivity index (χ3v) is 4.12. The lowest BCUT2D eigenvalue weighted by Gasteiger charge is -2.13. The second kappa shape index (κ2) is 8.56. The molecule has 1 N–H and O–H groups in total. The Morgan fingerprint density at radius 3 is 2.67 bits per heavy atom. The van der Waals surface area contributed by atoms with Crippen LogP contribution < -0.4 is 10.1 Å². The molecule has 0 atom stereocenters. The van der Waals surface area contributed by atoms with E-state index in [0.29, 0.717) is 6.61 Å². The van der Waals surface area contributed by atoms with Gasteiger partial charge in [-0.05, 0) is 68.6 Å². The maximum atomic E-state index is 5.85. The zero-order chi connectivity index (χ0) is 15.1. The molecule has 2 rings (SSSR count). The number of aromatic nitrogens is 2. The van der Waals surface area contributed by atoms with Gasteiger partial charge in [0.05, 0.1) is 15.5 Å². The van der Waals surface area contributed by atoms with Gasteiger partial charge in [-0.1, -0.05) is 6.92 Å². The van der Waals surface area contributed by atoms with Crippen LogP contribution in [0.25, 0.3) is 0 Å². The maximum absolute atomic E-state index is 5.85. The summed E-state index contributed by atoms with van der Waals surface area (Å²) in [7, 11) is 0. The molecule has 0 amide bonds. The highest BCUT2D eigenvalue weighted by molar-refractivity contribution is 9.11. The van der Waals surface area contributed by atoms with Crippen LogP contribution in [0.4, 0.5) is 0 Å². The van der Waals surface area contributed by atoms with Gasteiger partial charge in [0.1, 0.15) is 12.4 Å². The van der Waals surface area contributed by atoms with Crippen LogP contribution in [-0.2, 0) is 13.1 Å². The topological polar surface area (TPSA) is 39.1 Å². The van der Waals surface area contributed by atoms with E-state index >= 15 is 0 Å². The van der Waals surface area contributed by atoms with Crippen LogP contribution in [0.5, 0.6) is 5.75 Å². The Labute approximate surface area is 142 Å². The van der Waals surface area contributed by atoms with E-state index in [-0.39, 0.29) is 0 Å². The Morgan fingerprint density at radius 2 is 2.05 bits per heavy atom. The van der Waals surface area contributed by atoms with Gasteiger partial charge in [0.25, 0.3) is 0 Å². The third-order valence-electron chi connectivity index (χ3n) is 2.94. The van der Waals surface area contributed by atoms with Crippen molar-refractivity contribution >= 4 is 31.9 Å². The molecule has 0 saturated carbocycles. The van der Waals surface area contributed by atoms with Gasteiger partial charge in [-0.25, -0.2) is 0 Å². The van der Waals surface area contributed by atoms with Gasteiger partial charge in [-0.3, -0.25) is 4.68 Å². The summed E-state index contributed by atoms with van der Waals surface area (Å²) in [6, 6.07) is 6.09. The molecule has 0 fully saturated rings. The first-order valence-corrected chi connectivity index (χ1v) is 8.58. The molecule has 114 valence electrons. The van der Waals surface area contributed by atoms with Gasteiger partial charge < -0.3 is 10.1 Å². The molecule has 0 spiro atoms. The first kappa shape index (κ1) is 16.5. The van der Waals surface area contributed by atoms with Gasteiger partial charge in [0, 0.05) is 18.9 Å². The molecule has 2 aromatic rings. The van der Waals surface area contributed by atoms with Crippen molar-refractivity contribution in [2.24, 2.45) is 0 Å². The van der Waals surface area contributed by atoms with E-state index in [2.05, 4.69) is 61.3 Å². The molecule has 0 aliphatic rings. The maximum Gasteiger partial charge on any atom is 0.147 e. The molecule has 0 aliphatic heterocycles. The van der Waals surface area contributed by atoms with Crippen LogP contribution >= 0.6 is 31.9 Å². The van der Waals surface area contributed by atoms with Gasteiger partial charge in [0.15, 0.2) is 0 Å². The second-order valence-corrected chi connectivity index (χ2v) is 6.39. The smallest absolute Gasteiger partial charge is 0.147 e. The average Bonchev–Trinajstić information content (AvgIpc) is 2.95. The predicted molar refractivity (Wildman–Crippen MR) is 91.6 cm³/mol. The Hall–Kier alpha value is -0.850. The molecule has 4 nitrogen and oxygen atoms in total. The van der Waals surface area contributed by atoms with Gasteiger partial charge >= 0.3 is 0 Å². The molecule has 0 bridgehead atoms. The summed E-state index contributed by atoms with van der Waals surface area (Å²) in [6.45, 7) is 5.35. The summed E-state index contributed by atoms with van der Waals surface area (Å²) in [4.78, 5) is 0. The number of ether oxygens (including phenoxy) is 1. The molecule has 6 heteroatoms. The van der Waals surface area contributed by atoms with Crippen molar-refractivity contribution in [2.75, 3.05) is 13.2 Å². The highest BCUT2D eigenvalue weighted by Gasteiger charge is 2.09. The first-order chi connectivity index (χ1) is 10.2. The number of nitrogens with zero attached hydrogens (tertiary/aromatic N) is 2. The van der Waals surface area contributed by atoms with Crippen LogP contribution in [0.1, 0.15) is 18.9 Å². The first-order valence-electron chi connectivity index (χ1n) is 6.99. The molecule has 0 radical (unpaired) electrons. The minimum atomic E-state index is 0.576. The summed E-state index contributed by atoms with van der Waals surface area (Å²) in [6.07, 6.45) is 4.83. The summed E-state index contributed by atoms with van der Waals surface area (Å²) >= 11 is 7.16. The quantitative estimate of drug-likeness (QED) is 0.661. The fraction of sp³-hybridized carbons (Fsp3) is 0.400. The van der Waals surface area contributed by atoms with Gasteiger partial charge in [-0.15, -0.1) is 0 Å². The fourth-order valence-electron chi connectivity index (χ4n) is 1.94. The van der Waals surface area contributed by atoms with Crippen molar-refractivity contribution in [1.29, 1.82) is 0 Å². The van der Waals surface area contributed by atoms with Crippen LogP contribution in [0, 0.1) is 0 Å². The third kappa shape index (κ3) is 5.13. The number of nitrogens with one attached hydrogen (secondary N) is 1. The minimum Gasteiger partial charge on any atom is -0.489 e. The van der Waals surface area contributed by atoms with Crippen molar-refractivity contribution < 1.29 is 4.74 Å². The van der Waals surface area contributed by atoms with Gasteiger partial charge in [0.2, 0.25) is 0 Å². The average molecular weight is 417 g/mol. The minimum absolute atomic E-state index is 0.576. The largest absolute Gasteiger partial charge is 0.489 e. The summed E-state index contributed by atoms with van der Waals surface area (Å²) in [5.74, 6) is 0.835. The molecule has 0 aliphatic carbocycles. The van der Waals surface area contributed by atoms with E-state index in [9.17, 15) is 0 Å². The molecular formula is C15H19Br2N3O. The SMILES string of the molecule is CCCNCc1cc(Br)c(OCCn2cccn2)c(Br)c1. The molecular weight excluding hydrogens is 398 g/mol. The molecule has 1 heterocycles. The number of hydrogen-bond acceptors (Lipinski definition) is 3. The predicted octanol–water partition coefficient (Wildman–Crippen LogP) is 3.99. The summed E-state index contributed by atoms with van der Waals surface area (Å²) < 4.78 is 9.63. The number of rotatable bonds is 8. The Bertz CT molecular complexity index is 535. The van der Waals surface area contributed by atoms with E-state index in [4.69, 9.17) is 4.74 Å². The monoisotopic (exact) mass is 415 g/mol. The summed E-state index contributed by atoms with van der Waals surface area (Å²) in [5, 5.41) is 7.55. The van der Waals surface area contributed by atoms with Crippen molar-refractivity contribution in [3.8, 4) is 5.75 Å². The molecule has 0 unspecified atom stereocenters. The molecule has 1 aromatic carbocycles. The van der Waals surface area contributed by atoms with Crippen LogP contribution in [0.2, 0.25) is 0 Å². The fourth-order valence-corrected chi connectivity index (χ4v) is 3.45. The normalized spacial score (nSPS) is 10.8. The molecule has 21 heavy (non-hydrogen) atoms. The Balaban J connectivity index is 1.93. The lowest BCUT2D eigenvalue weighted by atomic mass is 10.2. The molecule has 0 saturated heterocycles. The van der Waals surface area contributed by atoms with E-state index in [1.807, 2.05) is 16.9 Å². The van der Waals surface area contributed by atoms with Gasteiger partial charge in [-0.2, -0.15) is 5.10 Å². The Kier molecular flexibility index (Phi) is 6.73. The van der Waals surface area contributed by atoms with E-state index in [1.165, 1.54) is 5.56 Å². The van der Waals surface area contributed by atoms with E-state index < -0.39 is 0 Å². The van der Waals surface area contributed by atoms with Crippen LogP contribution in [-0.4, -0.2) is 22.9 Å². The number of hydrogen-bond donors (Lipinski definition) is 1. The van der Waals surface area contributed by atoms with E-state index in [1.54, 1.807) is 6.20 Å². The van der Waals surface area contributed by atoms with Crippen LogP contribution in [0.3, 0.4) is 0 Å². The highest BCUT2D eigenvalue weighted by Crippen LogP contribution is 2.34. The van der Waals surface area contributed by atoms with Crippen molar-refractivity contribution in [1.82, 2.24) is 15.1 Å². The van der Waals surface area contributed by atoms with Crippen molar-refractivity contribution in [3.05, 3.63) is 45.1 Å².